The third-order valence-corrected chi connectivity index (χ3v) is 8.29. The predicted molar refractivity (Wildman–Crippen MR) is 138 cm³/mol. The monoisotopic (exact) mass is 506 g/mol. The van der Waals surface area contributed by atoms with Crippen molar-refractivity contribution in [1.82, 2.24) is 0 Å². The first-order chi connectivity index (χ1) is 16.7. The highest BCUT2D eigenvalue weighted by molar-refractivity contribution is 5.73. The third-order valence-electron chi connectivity index (χ3n) is 8.29. The quantitative estimate of drug-likeness (QED) is 0.420. The molecule has 0 saturated carbocycles. The molecule has 0 amide bonds. The number of rotatable bonds is 2. The Balaban J connectivity index is 2.15. The molecule has 2 bridgehead atoms. The van der Waals surface area contributed by atoms with E-state index in [1.807, 2.05) is 58.9 Å². The molecule has 0 aromatic rings. The molecular formula is C29H46O7. The lowest BCUT2D eigenvalue weighted by molar-refractivity contribution is -0.345. The van der Waals surface area contributed by atoms with Crippen LogP contribution in [0.5, 0.6) is 0 Å². The highest BCUT2D eigenvalue weighted by Crippen LogP contribution is 2.42. The van der Waals surface area contributed by atoms with Crippen LogP contribution in [0.25, 0.3) is 0 Å². The van der Waals surface area contributed by atoms with E-state index in [4.69, 9.17) is 18.9 Å². The van der Waals surface area contributed by atoms with Crippen molar-refractivity contribution in [2.45, 2.75) is 111 Å². The lowest BCUT2D eigenvalue weighted by Gasteiger charge is -2.50. The van der Waals surface area contributed by atoms with Gasteiger partial charge in [0.1, 0.15) is 17.8 Å². The number of esters is 1. The number of hydrogen-bond acceptors (Lipinski definition) is 7. The first kappa shape index (κ1) is 28.9. The summed E-state index contributed by atoms with van der Waals surface area (Å²) in [5.41, 5.74) is -0.471. The number of allylic oxidation sites excluding steroid dienone is 2. The number of hydrogen-bond donors (Lipinski definition) is 2. The van der Waals surface area contributed by atoms with Gasteiger partial charge in [0.15, 0.2) is 5.79 Å². The SMILES string of the molecule is CC[C@H]1OC(=O)[C@H](C)[C@H]2OC(C)(C)O[C@H]([C@H]2C)[C@](C)(O)/C=C(\C)[C@@H]([C@H]2C=CC=CO2)[C@H](C)[C@@H](O)[C@H]1C. The van der Waals surface area contributed by atoms with Crippen LogP contribution in [-0.2, 0) is 23.7 Å². The van der Waals surface area contributed by atoms with Crippen LogP contribution in [0.1, 0.15) is 68.7 Å². The number of aliphatic hydroxyl groups is 2. The highest BCUT2D eigenvalue weighted by atomic mass is 16.7. The standard InChI is InChI=1S/C29H46O7/c1-10-21-17(3)24(30)18(4)23(22-13-11-12-14-33-22)16(2)15-29(9,32)26-19(5)25(20(6)27(31)34-21)35-28(7,8)36-26/h11-15,17-26,30,32H,10H2,1-9H3/b16-15+/t17-,18-,19-,20+,21+,22+,23+,24-,25-,26+,29+/m0/s1. The van der Waals surface area contributed by atoms with E-state index in [9.17, 15) is 15.0 Å². The molecule has 3 aliphatic rings. The van der Waals surface area contributed by atoms with Gasteiger partial charge in [-0.3, -0.25) is 4.79 Å². The van der Waals surface area contributed by atoms with Gasteiger partial charge in [0.25, 0.3) is 0 Å². The number of cyclic esters (lactones) is 1. The molecule has 0 spiro atoms. The van der Waals surface area contributed by atoms with Crippen molar-refractivity contribution >= 4 is 5.97 Å². The lowest BCUT2D eigenvalue weighted by atomic mass is 9.73. The first-order valence-corrected chi connectivity index (χ1v) is 13.3. The van der Waals surface area contributed by atoms with Crippen LogP contribution in [0, 0.1) is 29.6 Å². The van der Waals surface area contributed by atoms with Gasteiger partial charge in [-0.05, 0) is 59.1 Å². The zero-order valence-electron chi connectivity index (χ0n) is 23.3. The fraction of sp³-hybridized carbons (Fsp3) is 0.759. The number of carbonyl (C=O) groups excluding carboxylic acids is 1. The minimum absolute atomic E-state index is 0.232. The molecule has 1 fully saturated rings. The van der Waals surface area contributed by atoms with Crippen LogP contribution in [0.2, 0.25) is 0 Å². The second-order valence-electron chi connectivity index (χ2n) is 11.7. The molecule has 3 heterocycles. The van der Waals surface area contributed by atoms with Crippen LogP contribution in [0.4, 0.5) is 0 Å². The molecule has 36 heavy (non-hydrogen) atoms. The maximum atomic E-state index is 13.3. The Bertz CT molecular complexity index is 873. The van der Waals surface area contributed by atoms with Crippen LogP contribution in [0.3, 0.4) is 0 Å². The van der Waals surface area contributed by atoms with Crippen molar-refractivity contribution < 1.29 is 34.0 Å². The average molecular weight is 507 g/mol. The Morgan fingerprint density at radius 2 is 1.67 bits per heavy atom. The predicted octanol–water partition coefficient (Wildman–Crippen LogP) is 4.53. The maximum absolute atomic E-state index is 13.3. The molecule has 0 radical (unpaired) electrons. The molecule has 7 heteroatoms. The summed E-state index contributed by atoms with van der Waals surface area (Å²) in [5.74, 6) is -3.03. The van der Waals surface area contributed by atoms with Gasteiger partial charge < -0.3 is 29.2 Å². The second kappa shape index (κ2) is 11.0. The zero-order chi connectivity index (χ0) is 27.0. The van der Waals surface area contributed by atoms with E-state index in [0.717, 1.165) is 5.57 Å². The molecule has 11 atom stereocenters. The van der Waals surface area contributed by atoms with Crippen LogP contribution >= 0.6 is 0 Å². The van der Waals surface area contributed by atoms with E-state index >= 15 is 0 Å². The van der Waals surface area contributed by atoms with E-state index in [0.29, 0.717) is 6.42 Å². The number of ether oxygens (including phenoxy) is 4. The molecule has 2 N–H and O–H groups in total. The zero-order valence-corrected chi connectivity index (χ0v) is 23.3. The number of aliphatic hydroxyl groups excluding tert-OH is 1. The maximum Gasteiger partial charge on any atom is 0.311 e. The third kappa shape index (κ3) is 5.90. The first-order valence-electron chi connectivity index (χ1n) is 13.3. The van der Waals surface area contributed by atoms with Crippen molar-refractivity contribution in [2.75, 3.05) is 0 Å². The van der Waals surface area contributed by atoms with Crippen molar-refractivity contribution in [1.29, 1.82) is 0 Å². The Kier molecular flexibility index (Phi) is 8.81. The number of fused-ring (bicyclic) bond motifs is 2. The average Bonchev–Trinajstić information content (AvgIpc) is 2.81. The van der Waals surface area contributed by atoms with Crippen molar-refractivity contribution in [3.63, 3.8) is 0 Å². The van der Waals surface area contributed by atoms with Gasteiger partial charge >= 0.3 is 5.97 Å². The molecule has 0 unspecified atom stereocenters. The van der Waals surface area contributed by atoms with E-state index in [2.05, 4.69) is 0 Å². The summed E-state index contributed by atoms with van der Waals surface area (Å²) in [7, 11) is 0. The molecule has 7 nitrogen and oxygen atoms in total. The Hall–Kier alpha value is -1.67. The molecule has 204 valence electrons. The van der Waals surface area contributed by atoms with Crippen LogP contribution < -0.4 is 0 Å². The highest BCUT2D eigenvalue weighted by Gasteiger charge is 2.51. The van der Waals surface area contributed by atoms with Gasteiger partial charge in [0, 0.05) is 17.8 Å². The Labute approximate surface area is 216 Å². The van der Waals surface area contributed by atoms with Gasteiger partial charge in [0.05, 0.1) is 30.5 Å². The van der Waals surface area contributed by atoms with Crippen molar-refractivity contribution in [3.05, 3.63) is 36.1 Å². The number of carbonyl (C=O) groups is 1. The Morgan fingerprint density at radius 1 is 1.00 bits per heavy atom. The fourth-order valence-corrected chi connectivity index (χ4v) is 6.34. The summed E-state index contributed by atoms with van der Waals surface area (Å²) >= 11 is 0. The van der Waals surface area contributed by atoms with Gasteiger partial charge in [-0.2, -0.15) is 0 Å². The summed E-state index contributed by atoms with van der Waals surface area (Å²) in [5, 5.41) is 23.3. The van der Waals surface area contributed by atoms with Gasteiger partial charge in [0.2, 0.25) is 0 Å². The van der Waals surface area contributed by atoms with Crippen molar-refractivity contribution in [3.8, 4) is 0 Å². The summed E-state index contributed by atoms with van der Waals surface area (Å²) in [4.78, 5) is 13.3. The fourth-order valence-electron chi connectivity index (χ4n) is 6.34. The van der Waals surface area contributed by atoms with Gasteiger partial charge in [-0.15, -0.1) is 0 Å². The summed E-state index contributed by atoms with van der Waals surface area (Å²) < 4.78 is 24.5. The minimum atomic E-state index is -1.37. The molecule has 1 saturated heterocycles. The molecule has 3 aliphatic heterocycles. The van der Waals surface area contributed by atoms with Crippen LogP contribution in [0.15, 0.2) is 36.1 Å². The van der Waals surface area contributed by atoms with Gasteiger partial charge in [-0.1, -0.05) is 45.4 Å². The molecule has 0 aromatic carbocycles. The largest absolute Gasteiger partial charge is 0.493 e. The van der Waals surface area contributed by atoms with E-state index < -0.39 is 41.7 Å². The van der Waals surface area contributed by atoms with Gasteiger partial charge in [-0.25, -0.2) is 0 Å². The van der Waals surface area contributed by atoms with Crippen LogP contribution in [-0.4, -0.2) is 58.1 Å². The molecular weight excluding hydrogens is 460 g/mol. The summed E-state index contributed by atoms with van der Waals surface area (Å²) in [6.45, 7) is 16.9. The topological polar surface area (TPSA) is 94.5 Å². The second-order valence-corrected chi connectivity index (χ2v) is 11.7. The van der Waals surface area contributed by atoms with E-state index in [1.165, 1.54) is 0 Å². The van der Waals surface area contributed by atoms with E-state index in [1.54, 1.807) is 34.0 Å². The normalized spacial score (nSPS) is 47.2. The summed E-state index contributed by atoms with van der Waals surface area (Å²) in [6, 6.07) is 0. The Morgan fingerprint density at radius 3 is 2.25 bits per heavy atom. The summed E-state index contributed by atoms with van der Waals surface area (Å²) in [6.07, 6.45) is 7.12. The molecule has 0 aliphatic carbocycles. The van der Waals surface area contributed by atoms with E-state index in [-0.39, 0.29) is 35.7 Å². The lowest BCUT2D eigenvalue weighted by Crippen LogP contribution is -2.60. The van der Waals surface area contributed by atoms with Crippen molar-refractivity contribution in [2.24, 2.45) is 29.6 Å². The minimum Gasteiger partial charge on any atom is -0.493 e. The molecule has 0 aromatic heterocycles. The molecule has 3 rings (SSSR count). The smallest absolute Gasteiger partial charge is 0.311 e.